The van der Waals surface area contributed by atoms with Crippen molar-refractivity contribution >= 4 is 35.2 Å². The number of morpholine rings is 2. The predicted octanol–water partition coefficient (Wildman–Crippen LogP) is 2.63. The number of ether oxygens (including phenoxy) is 2. The highest BCUT2D eigenvalue weighted by Gasteiger charge is 2.25. The van der Waals surface area contributed by atoms with Crippen molar-refractivity contribution in [1.82, 2.24) is 24.8 Å². The van der Waals surface area contributed by atoms with E-state index in [1.807, 2.05) is 29.2 Å². The van der Waals surface area contributed by atoms with E-state index < -0.39 is 0 Å². The van der Waals surface area contributed by atoms with Crippen LogP contribution in [0.15, 0.2) is 48.5 Å². The molecule has 0 aliphatic carbocycles. The van der Waals surface area contributed by atoms with E-state index >= 15 is 0 Å². The molecule has 0 unspecified atom stereocenters. The molecule has 3 saturated heterocycles. The molecule has 232 valence electrons. The van der Waals surface area contributed by atoms with Gasteiger partial charge >= 0.3 is 6.03 Å². The molecule has 4 heterocycles. The first kappa shape index (κ1) is 29.7. The lowest BCUT2D eigenvalue weighted by atomic mass is 10.1. The highest BCUT2D eigenvalue weighted by Crippen LogP contribution is 2.24. The molecule has 6 rings (SSSR count). The van der Waals surface area contributed by atoms with E-state index in [-0.39, 0.29) is 11.9 Å². The Balaban J connectivity index is 1.09. The lowest BCUT2D eigenvalue weighted by Gasteiger charge is -2.37. The zero-order valence-electron chi connectivity index (χ0n) is 25.2. The number of benzene rings is 2. The number of piperazine rings is 1. The molecule has 0 saturated carbocycles. The van der Waals surface area contributed by atoms with Gasteiger partial charge in [0.25, 0.3) is 5.91 Å². The molecule has 3 aliphatic rings. The van der Waals surface area contributed by atoms with Gasteiger partial charge in [-0.05, 0) is 62.5 Å². The van der Waals surface area contributed by atoms with Crippen LogP contribution in [0.4, 0.5) is 28.1 Å². The van der Waals surface area contributed by atoms with Crippen molar-refractivity contribution < 1.29 is 19.1 Å². The second-order valence-electron chi connectivity index (χ2n) is 11.3. The lowest BCUT2D eigenvalue weighted by Crippen LogP contribution is -2.52. The van der Waals surface area contributed by atoms with Crippen molar-refractivity contribution in [3.8, 4) is 11.4 Å². The molecule has 3 amide bonds. The van der Waals surface area contributed by atoms with Crippen molar-refractivity contribution in [1.29, 1.82) is 0 Å². The Labute approximate surface area is 257 Å². The van der Waals surface area contributed by atoms with Gasteiger partial charge in [-0.3, -0.25) is 4.79 Å². The quantitative estimate of drug-likeness (QED) is 0.435. The Morgan fingerprint density at radius 2 is 1.25 bits per heavy atom. The summed E-state index contributed by atoms with van der Waals surface area (Å²) in [5.74, 6) is 1.84. The van der Waals surface area contributed by atoms with Crippen LogP contribution < -0.4 is 20.4 Å². The van der Waals surface area contributed by atoms with Crippen LogP contribution in [-0.2, 0) is 9.47 Å². The van der Waals surface area contributed by atoms with Crippen LogP contribution >= 0.6 is 0 Å². The average Bonchev–Trinajstić information content (AvgIpc) is 3.07. The standard InChI is InChI=1S/C31H39N9O4/c1-22-21-40(12-11-37(22)2)28(41)24-5-9-26(10-6-24)33-31(42)32-25-7-3-23(4-8-25)27-34-29(38-13-17-43-18-14-38)36-30(35-27)39-15-19-44-20-16-39/h3-10,22H,11-21H2,1-2H3,(H2,32,33,42)/t22-/m1/s1. The number of hydrogen-bond donors (Lipinski definition) is 2. The molecule has 3 aromatic rings. The number of aromatic nitrogens is 3. The molecule has 3 fully saturated rings. The van der Waals surface area contributed by atoms with Crippen molar-refractivity contribution in [2.45, 2.75) is 13.0 Å². The van der Waals surface area contributed by atoms with E-state index in [1.165, 1.54) is 0 Å². The largest absolute Gasteiger partial charge is 0.378 e. The first-order valence-electron chi connectivity index (χ1n) is 15.1. The predicted molar refractivity (Wildman–Crippen MR) is 168 cm³/mol. The summed E-state index contributed by atoms with van der Waals surface area (Å²) in [6.07, 6.45) is 0. The van der Waals surface area contributed by atoms with E-state index in [0.29, 0.717) is 80.2 Å². The van der Waals surface area contributed by atoms with Gasteiger partial charge < -0.3 is 39.7 Å². The Kier molecular flexibility index (Phi) is 9.15. The minimum absolute atomic E-state index is 0.00773. The van der Waals surface area contributed by atoms with E-state index in [4.69, 9.17) is 24.4 Å². The van der Waals surface area contributed by atoms with Crippen molar-refractivity contribution in [2.75, 3.05) is 99.7 Å². The van der Waals surface area contributed by atoms with Crippen LogP contribution in [0.3, 0.4) is 0 Å². The maximum Gasteiger partial charge on any atom is 0.323 e. The third-order valence-corrected chi connectivity index (χ3v) is 8.24. The fraction of sp³-hybridized carbons (Fsp3) is 0.452. The average molecular weight is 602 g/mol. The van der Waals surface area contributed by atoms with Gasteiger partial charge in [0.2, 0.25) is 11.9 Å². The molecule has 0 radical (unpaired) electrons. The second kappa shape index (κ2) is 13.5. The molecule has 3 aliphatic heterocycles. The number of nitrogens with one attached hydrogen (secondary N) is 2. The smallest absolute Gasteiger partial charge is 0.323 e. The lowest BCUT2D eigenvalue weighted by molar-refractivity contribution is 0.0572. The van der Waals surface area contributed by atoms with Crippen molar-refractivity contribution in [3.63, 3.8) is 0 Å². The van der Waals surface area contributed by atoms with Crippen molar-refractivity contribution in [3.05, 3.63) is 54.1 Å². The summed E-state index contributed by atoms with van der Waals surface area (Å²) in [6, 6.07) is 14.3. The topological polar surface area (TPSA) is 128 Å². The molecule has 44 heavy (non-hydrogen) atoms. The fourth-order valence-electron chi connectivity index (χ4n) is 5.40. The molecule has 0 spiro atoms. The van der Waals surface area contributed by atoms with Gasteiger partial charge in [-0.2, -0.15) is 15.0 Å². The number of carbonyl (C=O) groups excluding carboxylic acids is 2. The molecule has 13 nitrogen and oxygen atoms in total. The van der Waals surface area contributed by atoms with Crippen LogP contribution in [0.25, 0.3) is 11.4 Å². The Hall–Kier alpha value is -4.33. The Morgan fingerprint density at radius 1 is 0.727 bits per heavy atom. The normalized spacial score (nSPS) is 19.5. The molecule has 2 N–H and O–H groups in total. The Bertz CT molecular complexity index is 1410. The van der Waals surface area contributed by atoms with Gasteiger partial charge in [-0.1, -0.05) is 0 Å². The summed E-state index contributed by atoms with van der Waals surface area (Å²) >= 11 is 0. The van der Waals surface area contributed by atoms with Crippen LogP contribution in [0.5, 0.6) is 0 Å². The third kappa shape index (κ3) is 7.07. The maximum atomic E-state index is 12.9. The van der Waals surface area contributed by atoms with Crippen LogP contribution in [-0.4, -0.2) is 122 Å². The van der Waals surface area contributed by atoms with Gasteiger partial charge in [0.05, 0.1) is 26.4 Å². The number of urea groups is 1. The number of carbonyl (C=O) groups is 2. The van der Waals surface area contributed by atoms with Gasteiger partial charge in [0.15, 0.2) is 5.82 Å². The summed E-state index contributed by atoms with van der Waals surface area (Å²) in [4.78, 5) is 48.4. The van der Waals surface area contributed by atoms with Crippen LogP contribution in [0.1, 0.15) is 17.3 Å². The molecule has 2 aromatic carbocycles. The second-order valence-corrected chi connectivity index (χ2v) is 11.3. The van der Waals surface area contributed by atoms with Crippen LogP contribution in [0, 0.1) is 0 Å². The highest BCUT2D eigenvalue weighted by atomic mass is 16.5. The number of hydrogen-bond acceptors (Lipinski definition) is 10. The SMILES string of the molecule is C[C@@H]1CN(C(=O)c2ccc(NC(=O)Nc3ccc(-c4nc(N5CCOCC5)nc(N5CCOCC5)n4)cc3)cc2)CCN1C. The number of anilines is 4. The van der Waals surface area contributed by atoms with Gasteiger partial charge in [0, 0.05) is 74.4 Å². The summed E-state index contributed by atoms with van der Waals surface area (Å²) in [5.41, 5.74) is 2.64. The number of rotatable bonds is 6. The molecule has 0 bridgehead atoms. The molecular formula is C31H39N9O4. The summed E-state index contributed by atoms with van der Waals surface area (Å²) in [7, 11) is 2.08. The number of amides is 3. The van der Waals surface area contributed by atoms with Gasteiger partial charge in [0.1, 0.15) is 0 Å². The third-order valence-electron chi connectivity index (χ3n) is 8.24. The summed E-state index contributed by atoms with van der Waals surface area (Å²) in [6.45, 7) is 9.80. The zero-order chi connectivity index (χ0) is 30.5. The molecule has 13 heteroatoms. The van der Waals surface area contributed by atoms with Crippen LogP contribution in [0.2, 0.25) is 0 Å². The first-order valence-corrected chi connectivity index (χ1v) is 15.1. The van der Waals surface area contributed by atoms with Gasteiger partial charge in [-0.15, -0.1) is 0 Å². The minimum Gasteiger partial charge on any atom is -0.378 e. The zero-order valence-corrected chi connectivity index (χ0v) is 25.2. The van der Waals surface area contributed by atoms with Gasteiger partial charge in [-0.25, -0.2) is 4.79 Å². The monoisotopic (exact) mass is 601 g/mol. The molecular weight excluding hydrogens is 562 g/mol. The minimum atomic E-state index is -0.380. The number of nitrogens with zero attached hydrogens (tertiary/aromatic N) is 7. The summed E-state index contributed by atoms with van der Waals surface area (Å²) < 4.78 is 11.0. The Morgan fingerprint density at radius 3 is 1.77 bits per heavy atom. The fourth-order valence-corrected chi connectivity index (χ4v) is 5.40. The van der Waals surface area contributed by atoms with E-state index in [9.17, 15) is 9.59 Å². The highest BCUT2D eigenvalue weighted by molar-refractivity contribution is 6.00. The first-order chi connectivity index (χ1) is 21.4. The van der Waals surface area contributed by atoms with Crippen molar-refractivity contribution in [2.24, 2.45) is 0 Å². The molecule has 1 atom stereocenters. The maximum absolute atomic E-state index is 12.9. The number of likely N-dealkylation sites (N-methyl/N-ethyl adjacent to an activating group) is 1. The molecule has 1 aromatic heterocycles. The summed E-state index contributed by atoms with van der Waals surface area (Å²) in [5, 5.41) is 5.70. The van der Waals surface area contributed by atoms with E-state index in [1.54, 1.807) is 24.3 Å². The van der Waals surface area contributed by atoms with E-state index in [0.717, 1.165) is 38.3 Å². The van der Waals surface area contributed by atoms with E-state index in [2.05, 4.69) is 39.3 Å².